The lowest BCUT2D eigenvalue weighted by Gasteiger charge is -2.29. The maximum atomic E-state index is 4.17. The molecule has 0 saturated carbocycles. The van der Waals surface area contributed by atoms with Gasteiger partial charge in [0.25, 0.3) is 0 Å². The van der Waals surface area contributed by atoms with Gasteiger partial charge in [-0.1, -0.05) is 18.2 Å². The van der Waals surface area contributed by atoms with Crippen molar-refractivity contribution in [1.82, 2.24) is 10.3 Å². The van der Waals surface area contributed by atoms with Crippen LogP contribution < -0.4 is 10.2 Å². The summed E-state index contributed by atoms with van der Waals surface area (Å²) >= 11 is 0. The molecule has 2 aliphatic rings. The van der Waals surface area contributed by atoms with Crippen LogP contribution in [0.25, 0.3) is 11.1 Å². The van der Waals surface area contributed by atoms with Crippen LogP contribution in [-0.2, 0) is 0 Å². The van der Waals surface area contributed by atoms with Crippen molar-refractivity contribution >= 4 is 5.69 Å². The van der Waals surface area contributed by atoms with Crippen molar-refractivity contribution in [2.24, 2.45) is 5.92 Å². The average molecular weight is 251 g/mol. The van der Waals surface area contributed by atoms with E-state index in [2.05, 4.69) is 45.5 Å². The van der Waals surface area contributed by atoms with E-state index in [1.165, 1.54) is 29.9 Å². The second-order valence-electron chi connectivity index (χ2n) is 5.47. The summed E-state index contributed by atoms with van der Waals surface area (Å²) in [6, 6.07) is 13.6. The summed E-state index contributed by atoms with van der Waals surface area (Å²) in [7, 11) is 0. The Morgan fingerprint density at radius 3 is 2.53 bits per heavy atom. The number of fused-ring (bicyclic) bond motifs is 1. The highest BCUT2D eigenvalue weighted by Crippen LogP contribution is 2.29. The van der Waals surface area contributed by atoms with E-state index in [0.29, 0.717) is 0 Å². The van der Waals surface area contributed by atoms with Crippen LogP contribution >= 0.6 is 0 Å². The van der Waals surface area contributed by atoms with Gasteiger partial charge in [-0.05, 0) is 29.3 Å². The van der Waals surface area contributed by atoms with Crippen molar-refractivity contribution in [3.63, 3.8) is 0 Å². The van der Waals surface area contributed by atoms with Crippen LogP contribution in [-0.4, -0.2) is 30.7 Å². The lowest BCUT2D eigenvalue weighted by atomic mass is 9.96. The first-order valence-electron chi connectivity index (χ1n) is 6.89. The maximum absolute atomic E-state index is 4.17. The fourth-order valence-electron chi connectivity index (χ4n) is 3.06. The van der Waals surface area contributed by atoms with Crippen LogP contribution in [0.4, 0.5) is 5.69 Å². The minimum Gasteiger partial charge on any atom is -0.370 e. The molecule has 2 fully saturated rings. The molecule has 96 valence electrons. The Hall–Kier alpha value is -1.87. The first kappa shape index (κ1) is 11.0. The molecule has 3 heterocycles. The van der Waals surface area contributed by atoms with Crippen LogP contribution in [0.1, 0.15) is 0 Å². The molecular weight excluding hydrogens is 234 g/mol. The van der Waals surface area contributed by atoms with E-state index >= 15 is 0 Å². The number of nitrogens with one attached hydrogen (secondary N) is 1. The van der Waals surface area contributed by atoms with E-state index < -0.39 is 0 Å². The largest absolute Gasteiger partial charge is 0.370 e. The molecule has 4 rings (SSSR count). The molecule has 1 aromatic heterocycles. The molecule has 2 aliphatic heterocycles. The minimum atomic E-state index is 0.720. The Morgan fingerprint density at radius 2 is 1.95 bits per heavy atom. The van der Waals surface area contributed by atoms with Gasteiger partial charge in [0.1, 0.15) is 0 Å². The predicted octanol–water partition coefficient (Wildman–Crippen LogP) is 2.16. The van der Waals surface area contributed by atoms with E-state index in [4.69, 9.17) is 0 Å². The lowest BCUT2D eigenvalue weighted by molar-refractivity contribution is 0.297. The second-order valence-corrected chi connectivity index (χ2v) is 5.47. The Balaban J connectivity index is 1.56. The smallest absolute Gasteiger partial charge is 0.0367 e. The zero-order valence-corrected chi connectivity index (χ0v) is 10.8. The molecule has 0 spiro atoms. The molecule has 0 bridgehead atoms. The molecule has 2 unspecified atom stereocenters. The van der Waals surface area contributed by atoms with E-state index in [0.717, 1.165) is 18.5 Å². The molecular formula is C16H17N3. The third-order valence-electron chi connectivity index (χ3n) is 4.31. The average Bonchev–Trinajstić information content (AvgIpc) is 2.76. The summed E-state index contributed by atoms with van der Waals surface area (Å²) in [4.78, 5) is 6.66. The summed E-state index contributed by atoms with van der Waals surface area (Å²) in [5.74, 6) is 0.859. The summed E-state index contributed by atoms with van der Waals surface area (Å²) in [5.41, 5.74) is 3.75. The second kappa shape index (κ2) is 4.35. The van der Waals surface area contributed by atoms with Gasteiger partial charge in [0.2, 0.25) is 0 Å². The molecule has 0 radical (unpaired) electrons. The Labute approximate surface area is 113 Å². The lowest BCUT2D eigenvalue weighted by Crippen LogP contribution is -2.51. The zero-order chi connectivity index (χ0) is 12.7. The number of anilines is 1. The first-order chi connectivity index (χ1) is 9.40. The molecule has 0 aliphatic carbocycles. The zero-order valence-electron chi connectivity index (χ0n) is 10.8. The van der Waals surface area contributed by atoms with Crippen molar-refractivity contribution in [2.45, 2.75) is 6.04 Å². The number of pyridine rings is 1. The van der Waals surface area contributed by atoms with Gasteiger partial charge < -0.3 is 10.2 Å². The fourth-order valence-corrected chi connectivity index (χ4v) is 3.06. The third kappa shape index (κ3) is 1.90. The van der Waals surface area contributed by atoms with Crippen molar-refractivity contribution < 1.29 is 0 Å². The predicted molar refractivity (Wildman–Crippen MR) is 77.2 cm³/mol. The minimum absolute atomic E-state index is 0.720. The summed E-state index contributed by atoms with van der Waals surface area (Å²) in [6.07, 6.45) is 3.72. The van der Waals surface area contributed by atoms with Gasteiger partial charge in [-0.2, -0.15) is 0 Å². The summed E-state index contributed by atoms with van der Waals surface area (Å²) in [6.45, 7) is 3.54. The van der Waals surface area contributed by atoms with Crippen LogP contribution in [0.15, 0.2) is 48.8 Å². The fraction of sp³-hybridized carbons (Fsp3) is 0.312. The van der Waals surface area contributed by atoms with Crippen LogP contribution in [0.2, 0.25) is 0 Å². The Morgan fingerprint density at radius 1 is 1.05 bits per heavy atom. The van der Waals surface area contributed by atoms with Gasteiger partial charge in [0.05, 0.1) is 0 Å². The summed E-state index contributed by atoms with van der Waals surface area (Å²) < 4.78 is 0. The number of hydrogen-bond donors (Lipinski definition) is 1. The van der Waals surface area contributed by atoms with E-state index in [1.807, 2.05) is 18.5 Å². The highest BCUT2D eigenvalue weighted by atomic mass is 15.2. The summed E-state index contributed by atoms with van der Waals surface area (Å²) in [5, 5.41) is 3.49. The molecule has 0 amide bonds. The van der Waals surface area contributed by atoms with Gasteiger partial charge in [-0.3, -0.25) is 4.98 Å². The maximum Gasteiger partial charge on any atom is 0.0367 e. The SMILES string of the molecule is c1cncc(-c2ccc(N3CC4CNC4C3)cc2)c1. The third-order valence-corrected chi connectivity index (χ3v) is 4.31. The van der Waals surface area contributed by atoms with Gasteiger partial charge in [-0.15, -0.1) is 0 Å². The molecule has 1 aromatic carbocycles. The van der Waals surface area contributed by atoms with Crippen molar-refractivity contribution in [3.8, 4) is 11.1 Å². The standard InChI is InChI=1S/C16H17N3/c1-2-13(8-17-7-1)12-3-5-15(6-4-12)19-10-14-9-18-16(14)11-19/h1-8,14,16,18H,9-11H2. The van der Waals surface area contributed by atoms with Crippen LogP contribution in [0, 0.1) is 5.92 Å². The van der Waals surface area contributed by atoms with Gasteiger partial charge in [0.15, 0.2) is 0 Å². The van der Waals surface area contributed by atoms with Crippen LogP contribution in [0.5, 0.6) is 0 Å². The number of benzene rings is 1. The quantitative estimate of drug-likeness (QED) is 0.886. The molecule has 2 aromatic rings. The van der Waals surface area contributed by atoms with Crippen LogP contribution in [0.3, 0.4) is 0 Å². The molecule has 2 atom stereocenters. The number of aromatic nitrogens is 1. The number of rotatable bonds is 2. The van der Waals surface area contributed by atoms with Gasteiger partial charge >= 0.3 is 0 Å². The normalized spacial score (nSPS) is 24.9. The van der Waals surface area contributed by atoms with Gasteiger partial charge in [0, 0.05) is 49.7 Å². The topological polar surface area (TPSA) is 28.2 Å². The molecule has 3 heteroatoms. The molecule has 19 heavy (non-hydrogen) atoms. The molecule has 2 saturated heterocycles. The van der Waals surface area contributed by atoms with Gasteiger partial charge in [-0.25, -0.2) is 0 Å². The first-order valence-corrected chi connectivity index (χ1v) is 6.89. The van der Waals surface area contributed by atoms with Crippen molar-refractivity contribution in [3.05, 3.63) is 48.8 Å². The van der Waals surface area contributed by atoms with Crippen molar-refractivity contribution in [1.29, 1.82) is 0 Å². The molecule has 3 nitrogen and oxygen atoms in total. The Kier molecular flexibility index (Phi) is 2.52. The monoisotopic (exact) mass is 251 g/mol. The van der Waals surface area contributed by atoms with E-state index in [9.17, 15) is 0 Å². The van der Waals surface area contributed by atoms with Crippen molar-refractivity contribution in [2.75, 3.05) is 24.5 Å². The highest BCUT2D eigenvalue weighted by Gasteiger charge is 2.38. The number of nitrogens with zero attached hydrogens (tertiary/aromatic N) is 2. The highest BCUT2D eigenvalue weighted by molar-refractivity contribution is 5.65. The number of hydrogen-bond acceptors (Lipinski definition) is 3. The van der Waals surface area contributed by atoms with E-state index in [1.54, 1.807) is 0 Å². The van der Waals surface area contributed by atoms with E-state index in [-0.39, 0.29) is 0 Å². The Bertz CT molecular complexity index is 552. The molecule has 1 N–H and O–H groups in total.